The van der Waals surface area contributed by atoms with Gasteiger partial charge in [0.05, 0.1) is 0 Å². The number of hydrogen-bond donors (Lipinski definition) is 1. The molecular weight excluding hydrogens is 158 g/mol. The first kappa shape index (κ1) is 11.0. The fraction of sp³-hybridized carbons (Fsp3) is 1.00. The fourth-order valence-electron chi connectivity index (χ4n) is 2.46. The highest BCUT2D eigenvalue weighted by molar-refractivity contribution is 4.84. The van der Waals surface area contributed by atoms with Crippen molar-refractivity contribution in [1.29, 1.82) is 0 Å². The quantitative estimate of drug-likeness (QED) is 0.708. The van der Waals surface area contributed by atoms with E-state index in [1.54, 1.807) is 0 Å². The Morgan fingerprint density at radius 1 is 1.23 bits per heavy atom. The van der Waals surface area contributed by atoms with Crippen LogP contribution in [0.15, 0.2) is 0 Å². The van der Waals surface area contributed by atoms with E-state index in [9.17, 15) is 0 Å². The first-order valence-electron chi connectivity index (χ1n) is 5.91. The van der Waals surface area contributed by atoms with Crippen LogP contribution in [0.5, 0.6) is 0 Å². The summed E-state index contributed by atoms with van der Waals surface area (Å²) in [6, 6.07) is 1.46. The molecule has 3 unspecified atom stereocenters. The van der Waals surface area contributed by atoms with Crippen LogP contribution in [-0.4, -0.2) is 12.1 Å². The van der Waals surface area contributed by atoms with E-state index in [0.717, 1.165) is 17.9 Å². The van der Waals surface area contributed by atoms with Gasteiger partial charge in [0.15, 0.2) is 0 Å². The van der Waals surface area contributed by atoms with E-state index in [1.807, 2.05) is 0 Å². The zero-order chi connectivity index (χ0) is 9.84. The highest BCUT2D eigenvalue weighted by Crippen LogP contribution is 2.29. The molecule has 0 amide bonds. The third-order valence-electron chi connectivity index (χ3n) is 3.63. The molecule has 1 N–H and O–H groups in total. The Morgan fingerprint density at radius 2 is 1.77 bits per heavy atom. The Morgan fingerprint density at radius 3 is 2.23 bits per heavy atom. The van der Waals surface area contributed by atoms with Gasteiger partial charge in [0.2, 0.25) is 0 Å². The molecule has 1 aliphatic carbocycles. The van der Waals surface area contributed by atoms with E-state index in [1.165, 1.54) is 25.7 Å². The molecular formula is C12H25N. The molecule has 0 heterocycles. The predicted molar refractivity (Wildman–Crippen MR) is 58.9 cm³/mol. The third-order valence-corrected chi connectivity index (χ3v) is 3.63. The smallest absolute Gasteiger partial charge is 0.0121 e. The molecule has 0 saturated heterocycles. The lowest BCUT2D eigenvalue weighted by Gasteiger charge is -2.37. The summed E-state index contributed by atoms with van der Waals surface area (Å²) >= 11 is 0. The molecule has 0 aromatic rings. The second-order valence-corrected chi connectivity index (χ2v) is 4.89. The number of rotatable bonds is 3. The Bertz CT molecular complexity index is 134. The van der Waals surface area contributed by atoms with Gasteiger partial charge in [-0.1, -0.05) is 27.2 Å². The van der Waals surface area contributed by atoms with Crippen LogP contribution in [0.4, 0.5) is 0 Å². The van der Waals surface area contributed by atoms with E-state index in [4.69, 9.17) is 0 Å². The van der Waals surface area contributed by atoms with Gasteiger partial charge in [-0.3, -0.25) is 0 Å². The molecule has 1 aliphatic rings. The molecule has 78 valence electrons. The van der Waals surface area contributed by atoms with Crippen LogP contribution in [0.2, 0.25) is 0 Å². The SMILES string of the molecule is CCC(C)NC1C(C)CCCC1C. The maximum atomic E-state index is 3.77. The topological polar surface area (TPSA) is 12.0 Å². The van der Waals surface area contributed by atoms with E-state index in [2.05, 4.69) is 33.0 Å². The molecule has 1 saturated carbocycles. The molecule has 0 aromatic heterocycles. The molecule has 0 spiro atoms. The molecule has 13 heavy (non-hydrogen) atoms. The van der Waals surface area contributed by atoms with Gasteiger partial charge in [-0.25, -0.2) is 0 Å². The largest absolute Gasteiger partial charge is 0.311 e. The Kier molecular flexibility index (Phi) is 4.24. The first-order valence-corrected chi connectivity index (χ1v) is 5.91. The summed E-state index contributed by atoms with van der Waals surface area (Å²) in [5.74, 6) is 1.75. The van der Waals surface area contributed by atoms with E-state index >= 15 is 0 Å². The zero-order valence-corrected chi connectivity index (χ0v) is 9.64. The summed E-state index contributed by atoms with van der Waals surface area (Å²) < 4.78 is 0. The summed E-state index contributed by atoms with van der Waals surface area (Å²) in [7, 11) is 0. The Hall–Kier alpha value is -0.0400. The van der Waals surface area contributed by atoms with Crippen LogP contribution in [-0.2, 0) is 0 Å². The normalized spacial score (nSPS) is 37.4. The standard InChI is InChI=1S/C12H25N/c1-5-11(4)13-12-9(2)7-6-8-10(12)3/h9-13H,5-8H2,1-4H3. The molecule has 1 rings (SSSR count). The van der Waals surface area contributed by atoms with E-state index in [-0.39, 0.29) is 0 Å². The van der Waals surface area contributed by atoms with Gasteiger partial charge < -0.3 is 5.32 Å². The van der Waals surface area contributed by atoms with Crippen molar-refractivity contribution in [1.82, 2.24) is 5.32 Å². The summed E-state index contributed by atoms with van der Waals surface area (Å²) in [6.07, 6.45) is 5.51. The van der Waals surface area contributed by atoms with Gasteiger partial charge >= 0.3 is 0 Å². The van der Waals surface area contributed by atoms with Crippen molar-refractivity contribution in [3.05, 3.63) is 0 Å². The average Bonchev–Trinajstić information content (AvgIpc) is 2.11. The lowest BCUT2D eigenvalue weighted by Crippen LogP contribution is -2.46. The van der Waals surface area contributed by atoms with Crippen LogP contribution in [0.3, 0.4) is 0 Å². The van der Waals surface area contributed by atoms with Crippen LogP contribution in [0, 0.1) is 11.8 Å². The second-order valence-electron chi connectivity index (χ2n) is 4.89. The molecule has 1 heteroatoms. The summed E-state index contributed by atoms with van der Waals surface area (Å²) in [6.45, 7) is 9.36. The molecule has 0 bridgehead atoms. The van der Waals surface area contributed by atoms with Crippen LogP contribution in [0.1, 0.15) is 53.4 Å². The monoisotopic (exact) mass is 183 g/mol. The predicted octanol–water partition coefficient (Wildman–Crippen LogP) is 3.20. The minimum Gasteiger partial charge on any atom is -0.311 e. The minimum absolute atomic E-state index is 0.688. The molecule has 0 radical (unpaired) electrons. The Balaban J connectivity index is 2.43. The van der Waals surface area contributed by atoms with Gasteiger partial charge in [0.1, 0.15) is 0 Å². The molecule has 0 aliphatic heterocycles. The van der Waals surface area contributed by atoms with Crippen molar-refractivity contribution in [3.63, 3.8) is 0 Å². The van der Waals surface area contributed by atoms with Crippen molar-refractivity contribution < 1.29 is 0 Å². The zero-order valence-electron chi connectivity index (χ0n) is 9.64. The van der Waals surface area contributed by atoms with E-state index < -0.39 is 0 Å². The lowest BCUT2D eigenvalue weighted by molar-refractivity contribution is 0.194. The molecule has 1 fully saturated rings. The van der Waals surface area contributed by atoms with E-state index in [0.29, 0.717) is 6.04 Å². The van der Waals surface area contributed by atoms with Crippen molar-refractivity contribution in [2.45, 2.75) is 65.5 Å². The van der Waals surface area contributed by atoms with Gasteiger partial charge in [-0.15, -0.1) is 0 Å². The van der Waals surface area contributed by atoms with Crippen LogP contribution in [0.25, 0.3) is 0 Å². The third kappa shape index (κ3) is 2.98. The van der Waals surface area contributed by atoms with Crippen molar-refractivity contribution in [2.75, 3.05) is 0 Å². The average molecular weight is 183 g/mol. The van der Waals surface area contributed by atoms with Gasteiger partial charge in [-0.2, -0.15) is 0 Å². The molecule has 0 aromatic carbocycles. The summed E-state index contributed by atoms with van der Waals surface area (Å²) in [5.41, 5.74) is 0. The van der Waals surface area contributed by atoms with Crippen molar-refractivity contribution in [2.24, 2.45) is 11.8 Å². The highest BCUT2D eigenvalue weighted by Gasteiger charge is 2.27. The lowest BCUT2D eigenvalue weighted by atomic mass is 9.78. The number of nitrogens with one attached hydrogen (secondary N) is 1. The van der Waals surface area contributed by atoms with Gasteiger partial charge in [0.25, 0.3) is 0 Å². The summed E-state index contributed by atoms with van der Waals surface area (Å²) in [5, 5.41) is 3.77. The molecule has 1 nitrogen and oxygen atoms in total. The maximum Gasteiger partial charge on any atom is 0.0121 e. The first-order chi connectivity index (χ1) is 6.15. The van der Waals surface area contributed by atoms with Crippen LogP contribution >= 0.6 is 0 Å². The number of hydrogen-bond acceptors (Lipinski definition) is 1. The Labute approximate surface area is 83.3 Å². The molecule has 3 atom stereocenters. The van der Waals surface area contributed by atoms with Gasteiger partial charge in [-0.05, 0) is 38.0 Å². The second kappa shape index (κ2) is 4.99. The highest BCUT2D eigenvalue weighted by atomic mass is 15.0. The van der Waals surface area contributed by atoms with Gasteiger partial charge in [0, 0.05) is 12.1 Å². The fourth-order valence-corrected chi connectivity index (χ4v) is 2.46. The maximum absolute atomic E-state index is 3.77. The van der Waals surface area contributed by atoms with Crippen LogP contribution < -0.4 is 5.32 Å². The summed E-state index contributed by atoms with van der Waals surface area (Å²) in [4.78, 5) is 0. The van der Waals surface area contributed by atoms with Crippen molar-refractivity contribution in [3.8, 4) is 0 Å². The van der Waals surface area contributed by atoms with Crippen molar-refractivity contribution >= 4 is 0 Å². The minimum atomic E-state index is 0.688.